The number of halogens is 2. The number of rotatable bonds is 4. The number of nitrogens with zero attached hydrogens (tertiary/aromatic N) is 6. The van der Waals surface area contributed by atoms with Crippen LogP contribution >= 0.6 is 31.9 Å². The molecule has 0 aliphatic rings. The first-order valence-corrected chi connectivity index (χ1v) is 11.1. The lowest BCUT2D eigenvalue weighted by Gasteiger charge is -2.25. The summed E-state index contributed by atoms with van der Waals surface area (Å²) in [4.78, 5) is 1.72. The van der Waals surface area contributed by atoms with E-state index in [1.807, 2.05) is 35.1 Å². The van der Waals surface area contributed by atoms with Gasteiger partial charge in [0, 0.05) is 15.1 Å². The van der Waals surface area contributed by atoms with Gasteiger partial charge in [-0.1, -0.05) is 61.3 Å². The SMILES string of the molecule is CC(C)(c1ccc(Br)cc1)n1ccnn1.CC(C)(c1ccc(Br)cc1)n1nccn1. The van der Waals surface area contributed by atoms with E-state index in [0.717, 1.165) is 8.95 Å². The minimum Gasteiger partial charge on any atom is -0.243 e. The molecule has 30 heavy (non-hydrogen) atoms. The van der Waals surface area contributed by atoms with E-state index in [-0.39, 0.29) is 11.1 Å². The molecule has 0 aliphatic heterocycles. The van der Waals surface area contributed by atoms with E-state index in [0.29, 0.717) is 0 Å². The molecule has 0 atom stereocenters. The maximum atomic E-state index is 4.18. The number of aromatic nitrogens is 6. The normalized spacial score (nSPS) is 11.7. The first-order chi connectivity index (χ1) is 14.2. The summed E-state index contributed by atoms with van der Waals surface area (Å²) in [7, 11) is 0. The van der Waals surface area contributed by atoms with Gasteiger partial charge in [-0.3, -0.25) is 0 Å². The predicted molar refractivity (Wildman–Crippen MR) is 125 cm³/mol. The second kappa shape index (κ2) is 9.22. The van der Waals surface area contributed by atoms with Gasteiger partial charge in [-0.2, -0.15) is 15.0 Å². The average molecular weight is 532 g/mol. The van der Waals surface area contributed by atoms with E-state index in [2.05, 4.69) is 104 Å². The minimum absolute atomic E-state index is 0.169. The Morgan fingerprint density at radius 1 is 0.667 bits per heavy atom. The summed E-state index contributed by atoms with van der Waals surface area (Å²) in [5.41, 5.74) is 2.00. The highest BCUT2D eigenvalue weighted by molar-refractivity contribution is 9.10. The zero-order chi connectivity index (χ0) is 21.8. The van der Waals surface area contributed by atoms with Gasteiger partial charge in [0.25, 0.3) is 0 Å². The van der Waals surface area contributed by atoms with Crippen molar-refractivity contribution < 1.29 is 0 Å². The summed E-state index contributed by atoms with van der Waals surface area (Å²) in [6.07, 6.45) is 6.96. The second-order valence-electron chi connectivity index (χ2n) is 7.80. The smallest absolute Gasteiger partial charge is 0.102 e. The van der Waals surface area contributed by atoms with Crippen LogP contribution in [0.4, 0.5) is 0 Å². The quantitative estimate of drug-likeness (QED) is 0.341. The Balaban J connectivity index is 0.000000171. The van der Waals surface area contributed by atoms with Crippen LogP contribution in [-0.2, 0) is 11.1 Å². The van der Waals surface area contributed by atoms with Gasteiger partial charge in [-0.15, -0.1) is 5.10 Å². The van der Waals surface area contributed by atoms with Gasteiger partial charge >= 0.3 is 0 Å². The van der Waals surface area contributed by atoms with Gasteiger partial charge in [0.2, 0.25) is 0 Å². The van der Waals surface area contributed by atoms with Crippen LogP contribution < -0.4 is 0 Å². The standard InChI is InChI=1S/2C11H12BrN3/c1-11(2,15-8-7-13-14-15)9-3-5-10(12)6-4-9;1-11(2,15-13-7-8-14-15)9-3-5-10(12)6-4-9/h2*3-8H,1-2H3. The second-order valence-corrected chi connectivity index (χ2v) is 9.63. The van der Waals surface area contributed by atoms with Crippen molar-refractivity contribution in [2.75, 3.05) is 0 Å². The van der Waals surface area contributed by atoms with E-state index >= 15 is 0 Å². The van der Waals surface area contributed by atoms with Gasteiger partial charge in [0.1, 0.15) is 5.54 Å². The van der Waals surface area contributed by atoms with Crippen LogP contribution in [0.5, 0.6) is 0 Å². The van der Waals surface area contributed by atoms with Crippen molar-refractivity contribution in [2.45, 2.75) is 38.8 Å². The largest absolute Gasteiger partial charge is 0.243 e. The van der Waals surface area contributed by atoms with Crippen molar-refractivity contribution in [1.82, 2.24) is 30.0 Å². The molecule has 0 amide bonds. The summed E-state index contributed by atoms with van der Waals surface area (Å²) in [5, 5.41) is 16.2. The molecule has 4 aromatic rings. The highest BCUT2D eigenvalue weighted by Gasteiger charge is 2.24. The third-order valence-corrected chi connectivity index (χ3v) is 6.07. The van der Waals surface area contributed by atoms with Crippen molar-refractivity contribution in [2.24, 2.45) is 0 Å². The van der Waals surface area contributed by atoms with Crippen molar-refractivity contribution in [3.8, 4) is 0 Å². The molecular formula is C22H24Br2N6. The van der Waals surface area contributed by atoms with E-state index in [1.165, 1.54) is 11.1 Å². The van der Waals surface area contributed by atoms with Crippen LogP contribution in [0, 0.1) is 0 Å². The van der Waals surface area contributed by atoms with E-state index in [1.54, 1.807) is 23.4 Å². The molecule has 0 fully saturated rings. The Hall–Kier alpha value is -2.32. The summed E-state index contributed by atoms with van der Waals surface area (Å²) < 4.78 is 4.02. The molecule has 2 aromatic carbocycles. The van der Waals surface area contributed by atoms with Crippen molar-refractivity contribution >= 4 is 31.9 Å². The highest BCUT2D eigenvalue weighted by Crippen LogP contribution is 2.26. The molecule has 6 nitrogen and oxygen atoms in total. The fourth-order valence-electron chi connectivity index (χ4n) is 2.97. The molecular weight excluding hydrogens is 508 g/mol. The molecule has 2 heterocycles. The molecule has 0 unspecified atom stereocenters. The van der Waals surface area contributed by atoms with Crippen molar-refractivity contribution in [3.05, 3.63) is 93.4 Å². The Labute approximate surface area is 193 Å². The van der Waals surface area contributed by atoms with Crippen LogP contribution in [0.1, 0.15) is 38.8 Å². The third kappa shape index (κ3) is 5.05. The lowest BCUT2D eigenvalue weighted by molar-refractivity contribution is 0.343. The Kier molecular flexibility index (Phi) is 6.88. The molecule has 4 rings (SSSR count). The maximum Gasteiger partial charge on any atom is 0.102 e. The lowest BCUT2D eigenvalue weighted by Crippen LogP contribution is -2.29. The van der Waals surface area contributed by atoms with Crippen LogP contribution in [0.2, 0.25) is 0 Å². The first kappa shape index (κ1) is 22.4. The lowest BCUT2D eigenvalue weighted by atomic mass is 9.95. The summed E-state index contributed by atoms with van der Waals surface area (Å²) >= 11 is 6.85. The molecule has 8 heteroatoms. The number of benzene rings is 2. The van der Waals surface area contributed by atoms with Gasteiger partial charge in [0.15, 0.2) is 0 Å². The molecule has 0 spiro atoms. The van der Waals surface area contributed by atoms with Gasteiger partial charge < -0.3 is 0 Å². The van der Waals surface area contributed by atoms with Gasteiger partial charge in [-0.05, 0) is 63.1 Å². The van der Waals surface area contributed by atoms with Crippen molar-refractivity contribution in [1.29, 1.82) is 0 Å². The molecule has 0 radical (unpaired) electrons. The highest BCUT2D eigenvalue weighted by atomic mass is 79.9. The van der Waals surface area contributed by atoms with Gasteiger partial charge in [0.05, 0.1) is 24.1 Å². The number of hydrogen-bond acceptors (Lipinski definition) is 4. The van der Waals surface area contributed by atoms with E-state index < -0.39 is 0 Å². The Bertz CT molecular complexity index is 950. The van der Waals surface area contributed by atoms with E-state index in [4.69, 9.17) is 0 Å². The monoisotopic (exact) mass is 530 g/mol. The molecule has 0 bridgehead atoms. The zero-order valence-electron chi connectivity index (χ0n) is 17.4. The minimum atomic E-state index is -0.218. The molecule has 0 aliphatic carbocycles. The fraction of sp³-hybridized carbons (Fsp3) is 0.273. The topological polar surface area (TPSA) is 61.4 Å². The zero-order valence-corrected chi connectivity index (χ0v) is 20.5. The predicted octanol–water partition coefficient (Wildman–Crippen LogP) is 5.65. The Morgan fingerprint density at radius 2 is 1.13 bits per heavy atom. The van der Waals surface area contributed by atoms with E-state index in [9.17, 15) is 0 Å². The number of hydrogen-bond donors (Lipinski definition) is 0. The van der Waals surface area contributed by atoms with Crippen molar-refractivity contribution in [3.63, 3.8) is 0 Å². The third-order valence-electron chi connectivity index (χ3n) is 5.02. The maximum absolute atomic E-state index is 4.18. The summed E-state index contributed by atoms with van der Waals surface area (Å²) in [6.45, 7) is 8.42. The van der Waals surface area contributed by atoms with Crippen LogP contribution in [0.15, 0.2) is 82.3 Å². The molecule has 0 saturated heterocycles. The molecule has 2 aromatic heterocycles. The Morgan fingerprint density at radius 3 is 1.57 bits per heavy atom. The molecule has 0 saturated carbocycles. The van der Waals surface area contributed by atoms with Gasteiger partial charge in [-0.25, -0.2) is 4.68 Å². The summed E-state index contributed by atoms with van der Waals surface area (Å²) in [6, 6.07) is 16.5. The first-order valence-electron chi connectivity index (χ1n) is 9.47. The van der Waals surface area contributed by atoms with Crippen LogP contribution in [0.25, 0.3) is 0 Å². The van der Waals surface area contributed by atoms with Crippen LogP contribution in [0.3, 0.4) is 0 Å². The molecule has 0 N–H and O–H groups in total. The molecule has 156 valence electrons. The average Bonchev–Trinajstić information content (AvgIpc) is 3.44. The summed E-state index contributed by atoms with van der Waals surface area (Å²) in [5.74, 6) is 0. The fourth-order valence-corrected chi connectivity index (χ4v) is 3.50. The van der Waals surface area contributed by atoms with Crippen LogP contribution in [-0.4, -0.2) is 30.0 Å².